The summed E-state index contributed by atoms with van der Waals surface area (Å²) >= 11 is 0. The van der Waals surface area contributed by atoms with E-state index >= 15 is 0 Å². The summed E-state index contributed by atoms with van der Waals surface area (Å²) in [5, 5.41) is 4.87. The second-order valence-corrected chi connectivity index (χ2v) is 11.5. The van der Waals surface area contributed by atoms with Crippen LogP contribution in [0.3, 0.4) is 0 Å². The van der Waals surface area contributed by atoms with E-state index in [9.17, 15) is 0 Å². The van der Waals surface area contributed by atoms with E-state index in [1.54, 1.807) is 0 Å². The van der Waals surface area contributed by atoms with E-state index in [1.165, 1.54) is 21.5 Å². The minimum atomic E-state index is 0.780. The first kappa shape index (κ1) is 28.2. The van der Waals surface area contributed by atoms with E-state index in [-0.39, 0.29) is 0 Å². The van der Waals surface area contributed by atoms with Crippen LogP contribution >= 0.6 is 0 Å². The molecule has 0 aliphatic rings. The predicted molar refractivity (Wildman–Crippen MR) is 197 cm³/mol. The molecular weight excluding hydrogens is 572 g/mol. The van der Waals surface area contributed by atoms with Crippen LogP contribution in [-0.2, 0) is 0 Å². The van der Waals surface area contributed by atoms with Crippen LogP contribution in [0.25, 0.3) is 21.5 Å². The number of ether oxygens (including phenoxy) is 1. The largest absolute Gasteiger partial charge is 0.457 e. The van der Waals surface area contributed by atoms with Gasteiger partial charge in [0.2, 0.25) is 0 Å². The fraction of sp³-hybridized carbons (Fsp3) is 0. The zero-order valence-corrected chi connectivity index (χ0v) is 25.8. The molecule has 0 spiro atoms. The number of hydrogen-bond donors (Lipinski definition) is 0. The maximum absolute atomic E-state index is 6.35. The van der Waals surface area contributed by atoms with Gasteiger partial charge >= 0.3 is 0 Å². The Morgan fingerprint density at radius 1 is 0.255 bits per heavy atom. The molecule has 3 nitrogen and oxygen atoms in total. The molecule has 0 saturated carbocycles. The minimum absolute atomic E-state index is 0.780. The lowest BCUT2D eigenvalue weighted by Gasteiger charge is -2.26. The van der Waals surface area contributed by atoms with Crippen molar-refractivity contribution in [3.63, 3.8) is 0 Å². The molecule has 8 rings (SSSR count). The van der Waals surface area contributed by atoms with E-state index in [0.29, 0.717) is 0 Å². The number of nitrogens with zero attached hydrogens (tertiary/aromatic N) is 2. The molecule has 224 valence electrons. The van der Waals surface area contributed by atoms with Gasteiger partial charge in [-0.05, 0) is 119 Å². The van der Waals surface area contributed by atoms with Crippen molar-refractivity contribution in [3.05, 3.63) is 194 Å². The first-order valence-corrected chi connectivity index (χ1v) is 15.8. The van der Waals surface area contributed by atoms with Crippen molar-refractivity contribution in [2.75, 3.05) is 9.80 Å². The Labute approximate surface area is 275 Å². The van der Waals surface area contributed by atoms with Gasteiger partial charge in [0.25, 0.3) is 0 Å². The van der Waals surface area contributed by atoms with Crippen LogP contribution in [0.15, 0.2) is 194 Å². The van der Waals surface area contributed by atoms with Crippen LogP contribution in [0.2, 0.25) is 0 Å². The number of rotatable bonds is 8. The third kappa shape index (κ3) is 5.90. The van der Waals surface area contributed by atoms with Gasteiger partial charge < -0.3 is 14.5 Å². The Morgan fingerprint density at radius 3 is 0.979 bits per heavy atom. The van der Waals surface area contributed by atoms with E-state index < -0.39 is 0 Å². The van der Waals surface area contributed by atoms with Crippen LogP contribution in [-0.4, -0.2) is 0 Å². The summed E-state index contributed by atoms with van der Waals surface area (Å²) < 4.78 is 6.35. The Hall–Kier alpha value is -6.32. The summed E-state index contributed by atoms with van der Waals surface area (Å²) in [6.45, 7) is 0. The number of benzene rings is 8. The Bertz CT molecular complexity index is 2100. The van der Waals surface area contributed by atoms with Gasteiger partial charge in [-0.15, -0.1) is 0 Å². The number of fused-ring (bicyclic) bond motifs is 2. The van der Waals surface area contributed by atoms with E-state index in [1.807, 2.05) is 36.4 Å². The molecule has 3 heteroatoms. The number of anilines is 6. The van der Waals surface area contributed by atoms with Crippen molar-refractivity contribution in [3.8, 4) is 11.5 Å². The summed E-state index contributed by atoms with van der Waals surface area (Å²) in [7, 11) is 0. The summed E-state index contributed by atoms with van der Waals surface area (Å²) in [5.41, 5.74) is 6.52. The fourth-order valence-corrected chi connectivity index (χ4v) is 6.14. The highest BCUT2D eigenvalue weighted by Gasteiger charge is 2.15. The second-order valence-electron chi connectivity index (χ2n) is 11.5. The highest BCUT2D eigenvalue weighted by molar-refractivity contribution is 5.90. The molecule has 0 N–H and O–H groups in total. The quantitative estimate of drug-likeness (QED) is 0.172. The van der Waals surface area contributed by atoms with Crippen LogP contribution in [0.4, 0.5) is 34.1 Å². The van der Waals surface area contributed by atoms with Crippen molar-refractivity contribution < 1.29 is 4.74 Å². The van der Waals surface area contributed by atoms with Gasteiger partial charge in [0.1, 0.15) is 11.5 Å². The zero-order valence-electron chi connectivity index (χ0n) is 25.8. The van der Waals surface area contributed by atoms with Crippen LogP contribution in [0, 0.1) is 0 Å². The van der Waals surface area contributed by atoms with Gasteiger partial charge in [0.15, 0.2) is 0 Å². The topological polar surface area (TPSA) is 15.7 Å². The summed E-state index contributed by atoms with van der Waals surface area (Å²) in [6.07, 6.45) is 0. The third-order valence-electron chi connectivity index (χ3n) is 8.44. The van der Waals surface area contributed by atoms with Crippen molar-refractivity contribution >= 4 is 55.7 Å². The summed E-state index contributed by atoms with van der Waals surface area (Å²) in [5.74, 6) is 1.56. The average Bonchev–Trinajstić information content (AvgIpc) is 3.14. The number of para-hydroxylation sites is 2. The van der Waals surface area contributed by atoms with Crippen molar-refractivity contribution in [2.45, 2.75) is 0 Å². The first-order chi connectivity index (χ1) is 23.3. The molecule has 0 heterocycles. The Morgan fingerprint density at radius 2 is 0.574 bits per heavy atom. The SMILES string of the molecule is c1ccc(N(c2ccc(Oc3ccc(N(c4ccccc4)c4ccc5ccccc5c4)cc3)cc2)c2ccc3ccccc3c2)cc1. The standard InChI is InChI=1S/C44H32N2O/c1-3-15-37(16-4-1)45(41-21-19-33-11-7-9-13-35(33)31-41)39-23-27-43(28-24-39)47-44-29-25-40(26-30-44)46(38-17-5-2-6-18-38)42-22-20-34-12-8-10-14-36(34)32-42/h1-32H. The fourth-order valence-electron chi connectivity index (χ4n) is 6.14. The second kappa shape index (κ2) is 12.6. The first-order valence-electron chi connectivity index (χ1n) is 15.8. The maximum Gasteiger partial charge on any atom is 0.127 e. The molecule has 0 aliphatic heterocycles. The molecular formula is C44H32N2O. The van der Waals surface area contributed by atoms with E-state index in [0.717, 1.165) is 45.6 Å². The average molecular weight is 605 g/mol. The molecule has 0 unspecified atom stereocenters. The molecule has 8 aromatic carbocycles. The molecule has 0 saturated heterocycles. The Balaban J connectivity index is 1.07. The van der Waals surface area contributed by atoms with Gasteiger partial charge in [0, 0.05) is 34.1 Å². The van der Waals surface area contributed by atoms with Gasteiger partial charge in [-0.25, -0.2) is 0 Å². The highest BCUT2D eigenvalue weighted by Crippen LogP contribution is 2.39. The van der Waals surface area contributed by atoms with Crippen molar-refractivity contribution in [1.29, 1.82) is 0 Å². The maximum atomic E-state index is 6.35. The molecule has 0 amide bonds. The molecule has 0 aliphatic carbocycles. The van der Waals surface area contributed by atoms with Gasteiger partial charge in [-0.3, -0.25) is 0 Å². The van der Waals surface area contributed by atoms with E-state index in [4.69, 9.17) is 4.74 Å². The molecule has 0 fully saturated rings. The summed E-state index contributed by atoms with van der Waals surface area (Å²) in [4.78, 5) is 4.55. The van der Waals surface area contributed by atoms with Crippen LogP contribution in [0.5, 0.6) is 11.5 Å². The molecule has 0 atom stereocenters. The van der Waals surface area contributed by atoms with E-state index in [2.05, 4.69) is 168 Å². The number of hydrogen-bond acceptors (Lipinski definition) is 3. The molecule has 0 bridgehead atoms. The normalized spacial score (nSPS) is 11.0. The molecule has 0 aromatic heterocycles. The van der Waals surface area contributed by atoms with Crippen molar-refractivity contribution in [2.24, 2.45) is 0 Å². The molecule has 8 aromatic rings. The lowest BCUT2D eigenvalue weighted by Crippen LogP contribution is -2.09. The van der Waals surface area contributed by atoms with Gasteiger partial charge in [0.05, 0.1) is 0 Å². The van der Waals surface area contributed by atoms with Crippen LogP contribution in [0.1, 0.15) is 0 Å². The molecule has 47 heavy (non-hydrogen) atoms. The lowest BCUT2D eigenvalue weighted by atomic mass is 10.1. The Kier molecular flexibility index (Phi) is 7.54. The molecule has 0 radical (unpaired) electrons. The van der Waals surface area contributed by atoms with Gasteiger partial charge in [-0.1, -0.05) is 97.1 Å². The van der Waals surface area contributed by atoms with Gasteiger partial charge in [-0.2, -0.15) is 0 Å². The lowest BCUT2D eigenvalue weighted by molar-refractivity contribution is 0.483. The minimum Gasteiger partial charge on any atom is -0.457 e. The van der Waals surface area contributed by atoms with Crippen molar-refractivity contribution in [1.82, 2.24) is 0 Å². The monoisotopic (exact) mass is 604 g/mol. The zero-order chi connectivity index (χ0) is 31.4. The smallest absolute Gasteiger partial charge is 0.127 e. The summed E-state index contributed by atoms with van der Waals surface area (Å²) in [6, 6.07) is 67.7. The van der Waals surface area contributed by atoms with Crippen LogP contribution < -0.4 is 14.5 Å². The third-order valence-corrected chi connectivity index (χ3v) is 8.44. The predicted octanol–water partition coefficient (Wildman–Crippen LogP) is 12.7. The highest BCUT2D eigenvalue weighted by atomic mass is 16.5.